The topological polar surface area (TPSA) is 107 Å². The molecule has 0 heterocycles. The molecule has 0 fully saturated rings. The van der Waals surface area contributed by atoms with Crippen molar-refractivity contribution in [1.29, 1.82) is 0 Å². The number of benzene rings is 1. The van der Waals surface area contributed by atoms with Gasteiger partial charge in [0.25, 0.3) is 0 Å². The van der Waals surface area contributed by atoms with Crippen LogP contribution < -0.4 is 5.32 Å². The molecule has 1 unspecified atom stereocenters. The van der Waals surface area contributed by atoms with Gasteiger partial charge in [-0.15, -0.1) is 0 Å². The molecule has 0 aliphatic carbocycles. The van der Waals surface area contributed by atoms with E-state index in [4.69, 9.17) is 15.3 Å². The number of carboxylic acids is 1. The van der Waals surface area contributed by atoms with Crippen LogP contribution in [0.4, 0.5) is 0 Å². The van der Waals surface area contributed by atoms with Gasteiger partial charge in [-0.1, -0.05) is 12.1 Å². The maximum Gasteiger partial charge on any atom is 0.326 e. The van der Waals surface area contributed by atoms with Crippen LogP contribution in [0, 0.1) is 0 Å². The summed E-state index contributed by atoms with van der Waals surface area (Å²) in [6.45, 7) is 3.20. The van der Waals surface area contributed by atoms with Crippen LogP contribution in [-0.4, -0.2) is 39.8 Å². The summed E-state index contributed by atoms with van der Waals surface area (Å²) in [7, 11) is 0. The number of carbonyl (C=O) groups excluding carboxylic acids is 1. The average molecular weight is 269 g/mol. The van der Waals surface area contributed by atoms with E-state index in [9.17, 15) is 9.59 Å². The van der Waals surface area contributed by atoms with E-state index >= 15 is 0 Å². The summed E-state index contributed by atoms with van der Waals surface area (Å²) in [4.78, 5) is 21.6. The molecule has 0 bridgehead atoms. The highest BCUT2D eigenvalue weighted by molar-refractivity contribution is 5.82. The Labute approximate surface area is 111 Å². The Morgan fingerprint density at radius 2 is 1.74 bits per heavy atom. The van der Waals surface area contributed by atoms with Gasteiger partial charge >= 0.3 is 5.97 Å². The molecule has 0 radical (unpaired) electrons. The van der Waals surface area contributed by atoms with Gasteiger partial charge in [-0.05, 0) is 24.6 Å². The predicted octanol–water partition coefficient (Wildman–Crippen LogP) is 0.523. The third kappa shape index (κ3) is 7.77. The maximum absolute atomic E-state index is 10.8. The van der Waals surface area contributed by atoms with E-state index in [0.29, 0.717) is 0 Å². The van der Waals surface area contributed by atoms with Gasteiger partial charge in [0, 0.05) is 20.0 Å². The van der Waals surface area contributed by atoms with Crippen molar-refractivity contribution in [3.05, 3.63) is 29.8 Å². The van der Waals surface area contributed by atoms with Crippen molar-refractivity contribution in [2.75, 3.05) is 6.61 Å². The zero-order chi connectivity index (χ0) is 14.8. The molecule has 1 rings (SSSR count). The number of aliphatic hydroxyl groups excluding tert-OH is 1. The molecule has 0 aromatic heterocycles. The first kappa shape index (κ1) is 16.9. The number of carbonyl (C=O) groups is 2. The van der Waals surface area contributed by atoms with E-state index in [1.807, 2.05) is 0 Å². The fraction of sp³-hybridized carbons (Fsp3) is 0.385. The van der Waals surface area contributed by atoms with Crippen LogP contribution in [0.3, 0.4) is 0 Å². The standard InChI is InChI=1S/C11H13NO4.C2H6O/c1-7(13)12-10(11(15)16)6-8-2-4-9(14)5-3-8;1-2-3/h2-5,10,14H,6H2,1H3,(H,12,13)(H,15,16);3H,2H2,1H3. The Kier molecular flexibility index (Phi) is 7.95. The monoisotopic (exact) mass is 269 g/mol. The summed E-state index contributed by atoms with van der Waals surface area (Å²) < 4.78 is 0. The minimum atomic E-state index is -1.08. The number of aromatic hydroxyl groups is 1. The molecule has 106 valence electrons. The Balaban J connectivity index is 0.000000982. The second-order valence-electron chi connectivity index (χ2n) is 3.78. The third-order valence-corrected chi connectivity index (χ3v) is 2.05. The number of rotatable bonds is 4. The maximum atomic E-state index is 10.8. The summed E-state index contributed by atoms with van der Waals surface area (Å²) in [5, 5.41) is 27.8. The molecule has 0 spiro atoms. The van der Waals surface area contributed by atoms with Crippen LogP contribution in [0.25, 0.3) is 0 Å². The smallest absolute Gasteiger partial charge is 0.326 e. The Morgan fingerprint density at radius 1 is 1.26 bits per heavy atom. The van der Waals surface area contributed by atoms with Crippen LogP contribution in [0.5, 0.6) is 5.75 Å². The highest BCUT2D eigenvalue weighted by Gasteiger charge is 2.18. The highest BCUT2D eigenvalue weighted by atomic mass is 16.4. The number of phenols is 1. The molecule has 19 heavy (non-hydrogen) atoms. The number of nitrogens with one attached hydrogen (secondary N) is 1. The highest BCUT2D eigenvalue weighted by Crippen LogP contribution is 2.11. The van der Waals surface area contributed by atoms with Crippen LogP contribution >= 0.6 is 0 Å². The summed E-state index contributed by atoms with van der Waals surface area (Å²) in [5.74, 6) is -1.34. The molecule has 1 aromatic rings. The Morgan fingerprint density at radius 3 is 2.11 bits per heavy atom. The molecule has 1 atom stereocenters. The Hall–Kier alpha value is -2.08. The lowest BCUT2D eigenvalue weighted by Crippen LogP contribution is -2.41. The lowest BCUT2D eigenvalue weighted by molar-refractivity contribution is -0.141. The third-order valence-electron chi connectivity index (χ3n) is 2.05. The molecule has 0 saturated heterocycles. The largest absolute Gasteiger partial charge is 0.508 e. The SMILES string of the molecule is CC(=O)NC(Cc1ccc(O)cc1)C(=O)O.CCO. The average Bonchev–Trinajstić information content (AvgIpc) is 2.31. The second kappa shape index (κ2) is 8.93. The first-order valence-corrected chi connectivity index (χ1v) is 5.79. The number of aliphatic hydroxyl groups is 1. The first-order chi connectivity index (χ1) is 8.90. The summed E-state index contributed by atoms with van der Waals surface area (Å²) in [6.07, 6.45) is 0.190. The van der Waals surface area contributed by atoms with E-state index in [0.717, 1.165) is 5.56 Å². The Bertz CT molecular complexity index is 402. The fourth-order valence-corrected chi connectivity index (χ4v) is 1.31. The number of aliphatic carboxylic acids is 1. The molecule has 1 aromatic carbocycles. The van der Waals surface area contributed by atoms with E-state index in [-0.39, 0.29) is 24.7 Å². The fourth-order valence-electron chi connectivity index (χ4n) is 1.31. The van der Waals surface area contributed by atoms with Crippen LogP contribution in [0.1, 0.15) is 19.4 Å². The molecule has 0 aliphatic heterocycles. The van der Waals surface area contributed by atoms with Gasteiger partial charge in [0.05, 0.1) is 0 Å². The number of hydrogen-bond acceptors (Lipinski definition) is 4. The van der Waals surface area contributed by atoms with Crippen molar-refractivity contribution in [3.8, 4) is 5.75 Å². The lowest BCUT2D eigenvalue weighted by atomic mass is 10.1. The minimum Gasteiger partial charge on any atom is -0.508 e. The summed E-state index contributed by atoms with van der Waals surface area (Å²) in [5.41, 5.74) is 0.735. The molecular formula is C13H19NO5. The van der Waals surface area contributed by atoms with Crippen molar-refractivity contribution >= 4 is 11.9 Å². The van der Waals surface area contributed by atoms with Crippen molar-refractivity contribution in [2.45, 2.75) is 26.3 Å². The zero-order valence-electron chi connectivity index (χ0n) is 11.0. The second-order valence-corrected chi connectivity index (χ2v) is 3.78. The van der Waals surface area contributed by atoms with Crippen molar-refractivity contribution < 1.29 is 24.9 Å². The molecule has 0 aliphatic rings. The first-order valence-electron chi connectivity index (χ1n) is 5.79. The predicted molar refractivity (Wildman–Crippen MR) is 69.8 cm³/mol. The molecule has 4 N–H and O–H groups in total. The molecule has 1 amide bonds. The van der Waals surface area contributed by atoms with E-state index in [2.05, 4.69) is 5.32 Å². The van der Waals surface area contributed by atoms with Gasteiger partial charge in [-0.2, -0.15) is 0 Å². The molecule has 6 heteroatoms. The molecular weight excluding hydrogens is 250 g/mol. The summed E-state index contributed by atoms with van der Waals surface area (Å²) in [6, 6.07) is 5.24. The van der Waals surface area contributed by atoms with Gasteiger partial charge in [-0.3, -0.25) is 4.79 Å². The van der Waals surface area contributed by atoms with Gasteiger partial charge < -0.3 is 20.6 Å². The van der Waals surface area contributed by atoms with Crippen LogP contribution in [0.15, 0.2) is 24.3 Å². The van der Waals surface area contributed by atoms with Gasteiger partial charge in [0.15, 0.2) is 0 Å². The van der Waals surface area contributed by atoms with E-state index in [1.54, 1.807) is 19.1 Å². The van der Waals surface area contributed by atoms with Gasteiger partial charge in [-0.25, -0.2) is 4.79 Å². The van der Waals surface area contributed by atoms with Gasteiger partial charge in [0.2, 0.25) is 5.91 Å². The normalized spacial score (nSPS) is 10.9. The van der Waals surface area contributed by atoms with Crippen molar-refractivity contribution in [3.63, 3.8) is 0 Å². The van der Waals surface area contributed by atoms with Crippen molar-refractivity contribution in [1.82, 2.24) is 5.32 Å². The zero-order valence-corrected chi connectivity index (χ0v) is 11.0. The van der Waals surface area contributed by atoms with E-state index in [1.165, 1.54) is 19.1 Å². The quantitative estimate of drug-likeness (QED) is 0.637. The van der Waals surface area contributed by atoms with Crippen LogP contribution in [0.2, 0.25) is 0 Å². The number of carboxylic acid groups (broad SMARTS) is 1. The number of hydrogen-bond donors (Lipinski definition) is 4. The number of phenolic OH excluding ortho intramolecular Hbond substituents is 1. The molecule has 6 nitrogen and oxygen atoms in total. The van der Waals surface area contributed by atoms with Gasteiger partial charge in [0.1, 0.15) is 11.8 Å². The van der Waals surface area contributed by atoms with Crippen molar-refractivity contribution in [2.24, 2.45) is 0 Å². The van der Waals surface area contributed by atoms with Crippen LogP contribution in [-0.2, 0) is 16.0 Å². The lowest BCUT2D eigenvalue weighted by Gasteiger charge is -2.13. The molecule has 0 saturated carbocycles. The number of amides is 1. The minimum absolute atomic E-state index is 0.121. The van der Waals surface area contributed by atoms with E-state index < -0.39 is 12.0 Å². The summed E-state index contributed by atoms with van der Waals surface area (Å²) >= 11 is 0.